The lowest BCUT2D eigenvalue weighted by Crippen LogP contribution is -2.52. The molecule has 1 aliphatic heterocycles. The molecule has 4 rings (SSSR count). The van der Waals surface area contributed by atoms with Crippen molar-refractivity contribution >= 4 is 22.8 Å². The Morgan fingerprint density at radius 3 is 3.08 bits per heavy atom. The maximum Gasteiger partial charge on any atom is 0.273 e. The molecule has 9 nitrogen and oxygen atoms in total. The Balaban J connectivity index is 1.52. The summed E-state index contributed by atoms with van der Waals surface area (Å²) in [7, 11) is 0. The van der Waals surface area contributed by atoms with E-state index in [-0.39, 0.29) is 11.6 Å². The van der Waals surface area contributed by atoms with Gasteiger partial charge in [-0.25, -0.2) is 15.0 Å². The van der Waals surface area contributed by atoms with E-state index < -0.39 is 11.6 Å². The number of aromatic amines is 1. The lowest BCUT2D eigenvalue weighted by molar-refractivity contribution is 0.0271. The van der Waals surface area contributed by atoms with Crippen molar-refractivity contribution in [2.24, 2.45) is 0 Å². The van der Waals surface area contributed by atoms with Crippen molar-refractivity contribution in [3.8, 4) is 0 Å². The van der Waals surface area contributed by atoms with Crippen LogP contribution in [0.2, 0.25) is 0 Å². The summed E-state index contributed by atoms with van der Waals surface area (Å²) in [5.74, 6) is 0.386. The first-order chi connectivity index (χ1) is 12.5. The molecular formula is C17H20N6O3. The minimum Gasteiger partial charge on any atom is -0.451 e. The van der Waals surface area contributed by atoms with Crippen LogP contribution in [-0.2, 0) is 0 Å². The fraction of sp³-hybridized carbons (Fsp3) is 0.412. The number of nitrogens with one attached hydrogen (secondary N) is 2. The van der Waals surface area contributed by atoms with Gasteiger partial charge in [0.05, 0.1) is 18.1 Å². The number of aryl methyl sites for hydroxylation is 1. The normalized spacial score (nSPS) is 21.3. The second kappa shape index (κ2) is 6.10. The van der Waals surface area contributed by atoms with Crippen LogP contribution in [0.25, 0.3) is 11.0 Å². The molecule has 3 aromatic rings. The third-order valence-corrected chi connectivity index (χ3v) is 4.93. The van der Waals surface area contributed by atoms with Crippen LogP contribution in [0.3, 0.4) is 0 Å². The summed E-state index contributed by atoms with van der Waals surface area (Å²) in [4.78, 5) is 29.9. The molecule has 136 valence electrons. The highest BCUT2D eigenvalue weighted by atomic mass is 16.3. The number of fused-ring (bicyclic) bond motifs is 1. The van der Waals surface area contributed by atoms with Gasteiger partial charge in [0.15, 0.2) is 17.9 Å². The minimum absolute atomic E-state index is 0.190. The highest BCUT2D eigenvalue weighted by Crippen LogP contribution is 2.31. The first-order valence-electron chi connectivity index (χ1n) is 8.43. The van der Waals surface area contributed by atoms with Gasteiger partial charge in [0.25, 0.3) is 5.91 Å². The number of aliphatic hydroxyl groups is 1. The van der Waals surface area contributed by atoms with Crippen molar-refractivity contribution in [3.63, 3.8) is 0 Å². The molecule has 1 aliphatic rings. The standard InChI is InChI=1S/C17H20N6O3/c1-10-5-12-14(21-10)15(19-8-18-12)23-4-3-17(25,7-23)11(2)22-16(24)13-6-26-9-20-13/h5-6,8-9,11,21,25H,3-4,7H2,1-2H3,(H,22,24). The Kier molecular flexibility index (Phi) is 3.87. The minimum atomic E-state index is -1.07. The predicted octanol–water partition coefficient (Wildman–Crippen LogP) is 1.01. The van der Waals surface area contributed by atoms with Crippen LogP contribution in [-0.4, -0.2) is 55.7 Å². The van der Waals surface area contributed by atoms with Crippen LogP contribution in [0.15, 0.2) is 29.5 Å². The topological polar surface area (TPSA) is 120 Å². The van der Waals surface area contributed by atoms with E-state index in [4.69, 9.17) is 4.42 Å². The molecule has 0 saturated carbocycles. The third kappa shape index (κ3) is 2.80. The summed E-state index contributed by atoms with van der Waals surface area (Å²) in [5.41, 5.74) is 1.82. The lowest BCUT2D eigenvalue weighted by Gasteiger charge is -2.30. The fourth-order valence-corrected chi connectivity index (χ4v) is 3.38. The SMILES string of the molecule is Cc1cc2ncnc(N3CCC(O)(C(C)NC(=O)c4cocn4)C3)c2[nH]1. The number of H-pyrrole nitrogens is 1. The number of nitrogens with zero attached hydrogens (tertiary/aromatic N) is 4. The van der Waals surface area contributed by atoms with Crippen LogP contribution < -0.4 is 10.2 Å². The summed E-state index contributed by atoms with van der Waals surface area (Å²) in [6, 6.07) is 1.50. The molecule has 2 unspecified atom stereocenters. The van der Waals surface area contributed by atoms with Gasteiger partial charge in [-0.15, -0.1) is 0 Å². The van der Waals surface area contributed by atoms with E-state index in [9.17, 15) is 9.90 Å². The van der Waals surface area contributed by atoms with Gasteiger partial charge in [-0.05, 0) is 26.3 Å². The van der Waals surface area contributed by atoms with Crippen molar-refractivity contribution in [2.75, 3.05) is 18.0 Å². The summed E-state index contributed by atoms with van der Waals surface area (Å²) in [5, 5.41) is 13.9. The van der Waals surface area contributed by atoms with Crippen molar-refractivity contribution in [1.29, 1.82) is 0 Å². The smallest absolute Gasteiger partial charge is 0.273 e. The first kappa shape index (κ1) is 16.5. The molecule has 1 saturated heterocycles. The number of anilines is 1. The molecule has 1 amide bonds. The van der Waals surface area contributed by atoms with Gasteiger partial charge < -0.3 is 24.7 Å². The fourth-order valence-electron chi connectivity index (χ4n) is 3.38. The Hall–Kier alpha value is -2.94. The van der Waals surface area contributed by atoms with Crippen LogP contribution in [0, 0.1) is 6.92 Å². The Morgan fingerprint density at radius 1 is 1.46 bits per heavy atom. The molecule has 3 aromatic heterocycles. The molecule has 0 radical (unpaired) electrons. The highest BCUT2D eigenvalue weighted by Gasteiger charge is 2.42. The van der Waals surface area contributed by atoms with Gasteiger partial charge in [0, 0.05) is 12.2 Å². The van der Waals surface area contributed by atoms with E-state index in [2.05, 4.69) is 25.3 Å². The number of β-amino-alcohol motifs (C(OH)–C–C–N with tert-alkyl or cyclic N) is 1. The van der Waals surface area contributed by atoms with Gasteiger partial charge in [0.1, 0.15) is 23.7 Å². The Labute approximate surface area is 149 Å². The van der Waals surface area contributed by atoms with Crippen molar-refractivity contribution < 1.29 is 14.3 Å². The lowest BCUT2D eigenvalue weighted by atomic mass is 9.94. The molecule has 0 aliphatic carbocycles. The number of hydrogen-bond donors (Lipinski definition) is 3. The van der Waals surface area contributed by atoms with E-state index >= 15 is 0 Å². The van der Waals surface area contributed by atoms with Crippen molar-refractivity contribution in [2.45, 2.75) is 31.9 Å². The monoisotopic (exact) mass is 356 g/mol. The number of aromatic nitrogens is 4. The van der Waals surface area contributed by atoms with Gasteiger partial charge in [-0.2, -0.15) is 0 Å². The average molecular weight is 356 g/mol. The molecule has 0 spiro atoms. The zero-order chi connectivity index (χ0) is 18.3. The molecule has 3 N–H and O–H groups in total. The third-order valence-electron chi connectivity index (χ3n) is 4.93. The Morgan fingerprint density at radius 2 is 2.31 bits per heavy atom. The summed E-state index contributed by atoms with van der Waals surface area (Å²) in [6.07, 6.45) is 4.51. The summed E-state index contributed by atoms with van der Waals surface area (Å²) < 4.78 is 4.83. The second-order valence-corrected chi connectivity index (χ2v) is 6.75. The molecule has 4 heterocycles. The molecule has 0 bridgehead atoms. The largest absolute Gasteiger partial charge is 0.451 e. The molecular weight excluding hydrogens is 336 g/mol. The van der Waals surface area contributed by atoms with Crippen LogP contribution in [0.1, 0.15) is 29.5 Å². The molecule has 9 heteroatoms. The van der Waals surface area contributed by atoms with Gasteiger partial charge >= 0.3 is 0 Å². The second-order valence-electron chi connectivity index (χ2n) is 6.75. The highest BCUT2D eigenvalue weighted by molar-refractivity contribution is 5.92. The predicted molar refractivity (Wildman–Crippen MR) is 93.8 cm³/mol. The van der Waals surface area contributed by atoms with E-state index in [1.54, 1.807) is 6.92 Å². The zero-order valence-electron chi connectivity index (χ0n) is 14.6. The van der Waals surface area contributed by atoms with E-state index in [0.717, 1.165) is 22.5 Å². The molecule has 1 fully saturated rings. The number of carbonyl (C=O) groups is 1. The summed E-state index contributed by atoms with van der Waals surface area (Å²) >= 11 is 0. The average Bonchev–Trinajstić information content (AvgIpc) is 3.33. The maximum absolute atomic E-state index is 12.2. The maximum atomic E-state index is 12.2. The number of amides is 1. The van der Waals surface area contributed by atoms with Gasteiger partial charge in [-0.3, -0.25) is 4.79 Å². The van der Waals surface area contributed by atoms with Gasteiger partial charge in [-0.1, -0.05) is 0 Å². The van der Waals surface area contributed by atoms with Crippen LogP contribution in [0.4, 0.5) is 5.82 Å². The number of hydrogen-bond acceptors (Lipinski definition) is 7. The first-order valence-corrected chi connectivity index (χ1v) is 8.43. The number of rotatable bonds is 4. The van der Waals surface area contributed by atoms with Crippen LogP contribution in [0.5, 0.6) is 0 Å². The van der Waals surface area contributed by atoms with E-state index in [1.807, 2.05) is 17.9 Å². The number of oxazole rings is 1. The molecule has 26 heavy (non-hydrogen) atoms. The summed E-state index contributed by atoms with van der Waals surface area (Å²) in [6.45, 7) is 4.74. The van der Waals surface area contributed by atoms with Gasteiger partial charge in [0.2, 0.25) is 0 Å². The molecule has 2 atom stereocenters. The quantitative estimate of drug-likeness (QED) is 0.638. The van der Waals surface area contributed by atoms with Crippen molar-refractivity contribution in [3.05, 3.63) is 36.4 Å². The number of carbonyl (C=O) groups excluding carboxylic acids is 1. The Bertz CT molecular complexity index is 937. The zero-order valence-corrected chi connectivity index (χ0v) is 14.6. The van der Waals surface area contributed by atoms with Crippen LogP contribution >= 0.6 is 0 Å². The van der Waals surface area contributed by atoms with E-state index in [0.29, 0.717) is 19.5 Å². The molecule has 0 aromatic carbocycles. The van der Waals surface area contributed by atoms with E-state index in [1.165, 1.54) is 19.0 Å². The van der Waals surface area contributed by atoms with Crippen molar-refractivity contribution in [1.82, 2.24) is 25.3 Å².